The van der Waals surface area contributed by atoms with Crippen LogP contribution in [0.5, 0.6) is 0 Å². The first kappa shape index (κ1) is 11.4. The number of imidazole rings is 1. The number of nitrogens with zero attached hydrogens (tertiary/aromatic N) is 1. The SMILES string of the molecule is CC(C)(C)c1ccc(-c2cnc(Br)[nH]2)cc1. The molecule has 1 heterocycles. The van der Waals surface area contributed by atoms with Gasteiger partial charge in [-0.25, -0.2) is 4.98 Å². The molecule has 2 rings (SSSR count). The quantitative estimate of drug-likeness (QED) is 0.835. The highest BCUT2D eigenvalue weighted by Crippen LogP contribution is 2.25. The van der Waals surface area contributed by atoms with Gasteiger partial charge in [-0.05, 0) is 32.5 Å². The Morgan fingerprint density at radius 3 is 2.19 bits per heavy atom. The van der Waals surface area contributed by atoms with E-state index in [2.05, 4.69) is 70.9 Å². The molecule has 16 heavy (non-hydrogen) atoms. The van der Waals surface area contributed by atoms with Crippen LogP contribution in [-0.2, 0) is 5.41 Å². The highest BCUT2D eigenvalue weighted by molar-refractivity contribution is 9.10. The minimum atomic E-state index is 0.201. The van der Waals surface area contributed by atoms with E-state index >= 15 is 0 Å². The number of aromatic nitrogens is 2. The molecule has 3 heteroatoms. The van der Waals surface area contributed by atoms with E-state index in [1.807, 2.05) is 6.20 Å². The molecule has 1 aromatic carbocycles. The Morgan fingerprint density at radius 2 is 1.75 bits per heavy atom. The largest absolute Gasteiger partial charge is 0.333 e. The van der Waals surface area contributed by atoms with Crippen molar-refractivity contribution in [3.8, 4) is 11.3 Å². The van der Waals surface area contributed by atoms with Crippen molar-refractivity contribution < 1.29 is 0 Å². The lowest BCUT2D eigenvalue weighted by atomic mass is 9.86. The summed E-state index contributed by atoms with van der Waals surface area (Å²) >= 11 is 3.31. The van der Waals surface area contributed by atoms with Crippen LogP contribution in [0.4, 0.5) is 0 Å². The van der Waals surface area contributed by atoms with Gasteiger partial charge in [0.05, 0.1) is 11.9 Å². The second kappa shape index (κ2) is 4.06. The van der Waals surface area contributed by atoms with Crippen molar-refractivity contribution in [3.05, 3.63) is 40.8 Å². The van der Waals surface area contributed by atoms with Crippen LogP contribution >= 0.6 is 15.9 Å². The topological polar surface area (TPSA) is 28.7 Å². The van der Waals surface area contributed by atoms with Crippen molar-refractivity contribution in [3.63, 3.8) is 0 Å². The summed E-state index contributed by atoms with van der Waals surface area (Å²) in [5.74, 6) is 0. The zero-order valence-electron chi connectivity index (χ0n) is 9.71. The van der Waals surface area contributed by atoms with Crippen molar-refractivity contribution in [2.24, 2.45) is 0 Å². The fourth-order valence-electron chi connectivity index (χ4n) is 1.59. The number of hydrogen-bond acceptors (Lipinski definition) is 1. The first-order valence-corrected chi connectivity index (χ1v) is 6.07. The molecule has 0 spiro atoms. The van der Waals surface area contributed by atoms with E-state index in [1.165, 1.54) is 5.56 Å². The molecule has 0 aliphatic rings. The smallest absolute Gasteiger partial charge is 0.174 e. The molecule has 0 saturated heterocycles. The van der Waals surface area contributed by atoms with Gasteiger partial charge in [-0.15, -0.1) is 0 Å². The van der Waals surface area contributed by atoms with Gasteiger partial charge in [-0.1, -0.05) is 45.0 Å². The van der Waals surface area contributed by atoms with Gasteiger partial charge in [0, 0.05) is 0 Å². The Bertz CT molecular complexity index is 477. The van der Waals surface area contributed by atoms with Crippen LogP contribution in [0.2, 0.25) is 0 Å². The predicted molar refractivity (Wildman–Crippen MR) is 70.4 cm³/mol. The maximum absolute atomic E-state index is 4.13. The van der Waals surface area contributed by atoms with Gasteiger partial charge in [0.25, 0.3) is 0 Å². The van der Waals surface area contributed by atoms with Gasteiger partial charge in [0.15, 0.2) is 4.73 Å². The summed E-state index contributed by atoms with van der Waals surface area (Å²) < 4.78 is 0.766. The molecular weight excluding hydrogens is 264 g/mol. The summed E-state index contributed by atoms with van der Waals surface area (Å²) in [4.78, 5) is 7.28. The second-order valence-electron chi connectivity index (χ2n) is 4.92. The van der Waals surface area contributed by atoms with Gasteiger partial charge in [-0.2, -0.15) is 0 Å². The van der Waals surface area contributed by atoms with Crippen LogP contribution in [-0.4, -0.2) is 9.97 Å². The number of aromatic amines is 1. The molecule has 0 unspecified atom stereocenters. The molecule has 0 saturated carbocycles. The van der Waals surface area contributed by atoms with E-state index in [4.69, 9.17) is 0 Å². The van der Waals surface area contributed by atoms with Gasteiger partial charge in [0.1, 0.15) is 0 Å². The lowest BCUT2D eigenvalue weighted by Gasteiger charge is -2.18. The van der Waals surface area contributed by atoms with E-state index in [1.54, 1.807) is 0 Å². The van der Waals surface area contributed by atoms with E-state index < -0.39 is 0 Å². The minimum absolute atomic E-state index is 0.201. The molecule has 0 aliphatic carbocycles. The summed E-state index contributed by atoms with van der Waals surface area (Å²) in [5.41, 5.74) is 3.74. The van der Waals surface area contributed by atoms with Gasteiger partial charge in [-0.3, -0.25) is 0 Å². The monoisotopic (exact) mass is 278 g/mol. The Kier molecular flexibility index (Phi) is 2.89. The van der Waals surface area contributed by atoms with E-state index in [-0.39, 0.29) is 5.41 Å². The molecule has 0 radical (unpaired) electrons. The molecule has 1 aromatic heterocycles. The normalized spacial score (nSPS) is 11.8. The van der Waals surface area contributed by atoms with Gasteiger partial charge in [0.2, 0.25) is 0 Å². The fraction of sp³-hybridized carbons (Fsp3) is 0.308. The van der Waals surface area contributed by atoms with Crippen LogP contribution in [0.25, 0.3) is 11.3 Å². The molecule has 2 aromatic rings. The Labute approximate surface area is 104 Å². The Balaban J connectivity index is 2.33. The van der Waals surface area contributed by atoms with Crippen LogP contribution in [0, 0.1) is 0 Å². The van der Waals surface area contributed by atoms with Crippen LogP contribution in [0.3, 0.4) is 0 Å². The zero-order valence-corrected chi connectivity index (χ0v) is 11.3. The van der Waals surface area contributed by atoms with Gasteiger partial charge < -0.3 is 4.98 Å². The fourth-order valence-corrected chi connectivity index (χ4v) is 1.91. The number of H-pyrrole nitrogens is 1. The summed E-state index contributed by atoms with van der Waals surface area (Å²) in [6.07, 6.45) is 1.83. The first-order valence-electron chi connectivity index (χ1n) is 5.28. The van der Waals surface area contributed by atoms with Crippen molar-refractivity contribution in [1.29, 1.82) is 0 Å². The average Bonchev–Trinajstić information content (AvgIpc) is 2.64. The summed E-state index contributed by atoms with van der Waals surface area (Å²) in [6.45, 7) is 6.65. The highest BCUT2D eigenvalue weighted by atomic mass is 79.9. The molecule has 0 aliphatic heterocycles. The van der Waals surface area contributed by atoms with Crippen molar-refractivity contribution >= 4 is 15.9 Å². The standard InChI is InChI=1S/C13H15BrN2/c1-13(2,3)10-6-4-9(5-7-10)11-8-15-12(14)16-11/h4-8H,1-3H3,(H,15,16). The van der Waals surface area contributed by atoms with Crippen molar-refractivity contribution in [1.82, 2.24) is 9.97 Å². The minimum Gasteiger partial charge on any atom is -0.333 e. The molecule has 0 fully saturated rings. The number of benzene rings is 1. The third kappa shape index (κ3) is 2.35. The molecular formula is C13H15BrN2. The summed E-state index contributed by atoms with van der Waals surface area (Å²) in [7, 11) is 0. The average molecular weight is 279 g/mol. The van der Waals surface area contributed by atoms with E-state index in [0.717, 1.165) is 16.0 Å². The molecule has 2 nitrogen and oxygen atoms in total. The Morgan fingerprint density at radius 1 is 1.12 bits per heavy atom. The lowest BCUT2D eigenvalue weighted by Crippen LogP contribution is -2.10. The van der Waals surface area contributed by atoms with Crippen molar-refractivity contribution in [2.45, 2.75) is 26.2 Å². The van der Waals surface area contributed by atoms with E-state index in [9.17, 15) is 0 Å². The third-order valence-corrected chi connectivity index (χ3v) is 3.01. The van der Waals surface area contributed by atoms with E-state index in [0.29, 0.717) is 0 Å². The second-order valence-corrected chi connectivity index (χ2v) is 5.67. The number of hydrogen-bond donors (Lipinski definition) is 1. The molecule has 0 bridgehead atoms. The Hall–Kier alpha value is -1.09. The van der Waals surface area contributed by atoms with Crippen LogP contribution < -0.4 is 0 Å². The zero-order chi connectivity index (χ0) is 11.8. The van der Waals surface area contributed by atoms with Crippen LogP contribution in [0.15, 0.2) is 35.2 Å². The number of rotatable bonds is 1. The van der Waals surface area contributed by atoms with Gasteiger partial charge >= 0.3 is 0 Å². The molecule has 1 N–H and O–H groups in total. The third-order valence-electron chi connectivity index (χ3n) is 2.61. The van der Waals surface area contributed by atoms with Crippen LogP contribution in [0.1, 0.15) is 26.3 Å². The first-order chi connectivity index (χ1) is 7.47. The number of halogens is 1. The maximum Gasteiger partial charge on any atom is 0.174 e. The summed E-state index contributed by atoms with van der Waals surface area (Å²) in [5, 5.41) is 0. The van der Waals surface area contributed by atoms with Crippen molar-refractivity contribution in [2.75, 3.05) is 0 Å². The maximum atomic E-state index is 4.13. The predicted octanol–water partition coefficient (Wildman–Crippen LogP) is 4.14. The molecule has 84 valence electrons. The molecule has 0 atom stereocenters. The molecule has 0 amide bonds. The lowest BCUT2D eigenvalue weighted by molar-refractivity contribution is 0.590. The summed E-state index contributed by atoms with van der Waals surface area (Å²) in [6, 6.07) is 8.59. The number of nitrogens with one attached hydrogen (secondary N) is 1. The highest BCUT2D eigenvalue weighted by Gasteiger charge is 2.13.